The molecular weight excluding hydrogens is 266 g/mol. The van der Waals surface area contributed by atoms with Crippen LogP contribution in [-0.4, -0.2) is 34.0 Å². The van der Waals surface area contributed by atoms with Crippen LogP contribution in [0.3, 0.4) is 0 Å². The van der Waals surface area contributed by atoms with Crippen LogP contribution in [0.2, 0.25) is 0 Å². The SMILES string of the molecule is CCCNC(C)c1ccc(OC)cc1OCCCCOC. The van der Waals surface area contributed by atoms with Crippen molar-refractivity contribution in [2.24, 2.45) is 0 Å². The molecule has 0 saturated heterocycles. The van der Waals surface area contributed by atoms with Crippen LogP contribution >= 0.6 is 0 Å². The van der Waals surface area contributed by atoms with Gasteiger partial charge in [-0.25, -0.2) is 0 Å². The Bertz CT molecular complexity index is 396. The van der Waals surface area contributed by atoms with Gasteiger partial charge < -0.3 is 19.5 Å². The van der Waals surface area contributed by atoms with E-state index in [0.29, 0.717) is 6.61 Å². The van der Waals surface area contributed by atoms with Gasteiger partial charge >= 0.3 is 0 Å². The van der Waals surface area contributed by atoms with Crippen LogP contribution in [0.25, 0.3) is 0 Å². The lowest BCUT2D eigenvalue weighted by molar-refractivity contribution is 0.183. The van der Waals surface area contributed by atoms with E-state index < -0.39 is 0 Å². The summed E-state index contributed by atoms with van der Waals surface area (Å²) < 4.78 is 16.3. The fourth-order valence-corrected chi connectivity index (χ4v) is 2.13. The molecular formula is C17H29NO3. The van der Waals surface area contributed by atoms with Gasteiger partial charge in [0, 0.05) is 31.4 Å². The molecule has 0 spiro atoms. The molecule has 0 amide bonds. The predicted molar refractivity (Wildman–Crippen MR) is 86.3 cm³/mol. The zero-order valence-electron chi connectivity index (χ0n) is 13.8. The third kappa shape index (κ3) is 6.36. The number of ether oxygens (including phenoxy) is 3. The molecule has 1 N–H and O–H groups in total. The van der Waals surface area contributed by atoms with Gasteiger partial charge in [0.2, 0.25) is 0 Å². The van der Waals surface area contributed by atoms with Gasteiger partial charge in [0.15, 0.2) is 0 Å². The maximum atomic E-state index is 5.95. The Kier molecular flexibility index (Phi) is 8.87. The van der Waals surface area contributed by atoms with Gasteiger partial charge in [-0.3, -0.25) is 0 Å². The maximum absolute atomic E-state index is 5.95. The largest absolute Gasteiger partial charge is 0.497 e. The molecule has 4 nitrogen and oxygen atoms in total. The van der Waals surface area contributed by atoms with Gasteiger partial charge in [0.1, 0.15) is 11.5 Å². The predicted octanol–water partition coefficient (Wildman–Crippen LogP) is 3.56. The minimum atomic E-state index is 0.268. The zero-order valence-corrected chi connectivity index (χ0v) is 13.8. The molecule has 1 aromatic carbocycles. The summed E-state index contributed by atoms with van der Waals surface area (Å²) >= 11 is 0. The smallest absolute Gasteiger partial charge is 0.127 e. The Morgan fingerprint density at radius 1 is 1.14 bits per heavy atom. The normalized spacial score (nSPS) is 12.2. The third-order valence-electron chi connectivity index (χ3n) is 3.39. The van der Waals surface area contributed by atoms with Crippen molar-refractivity contribution in [3.8, 4) is 11.5 Å². The van der Waals surface area contributed by atoms with Crippen LogP contribution in [0.4, 0.5) is 0 Å². The number of rotatable bonds is 11. The number of nitrogens with one attached hydrogen (secondary N) is 1. The maximum Gasteiger partial charge on any atom is 0.127 e. The lowest BCUT2D eigenvalue weighted by atomic mass is 10.1. The van der Waals surface area contributed by atoms with Gasteiger partial charge in [-0.15, -0.1) is 0 Å². The molecule has 0 bridgehead atoms. The summed E-state index contributed by atoms with van der Waals surface area (Å²) in [5.74, 6) is 1.73. The molecule has 0 aliphatic heterocycles. The second-order valence-electron chi connectivity index (χ2n) is 5.13. The molecule has 1 rings (SSSR count). The molecule has 1 unspecified atom stereocenters. The quantitative estimate of drug-likeness (QED) is 0.634. The first kappa shape index (κ1) is 17.8. The molecule has 21 heavy (non-hydrogen) atoms. The third-order valence-corrected chi connectivity index (χ3v) is 3.39. The van der Waals surface area contributed by atoms with Gasteiger partial charge in [-0.2, -0.15) is 0 Å². The topological polar surface area (TPSA) is 39.7 Å². The van der Waals surface area contributed by atoms with E-state index in [2.05, 4.69) is 25.2 Å². The van der Waals surface area contributed by atoms with Crippen molar-refractivity contribution < 1.29 is 14.2 Å². The van der Waals surface area contributed by atoms with E-state index in [4.69, 9.17) is 14.2 Å². The average molecular weight is 295 g/mol. The molecule has 120 valence electrons. The highest BCUT2D eigenvalue weighted by Crippen LogP contribution is 2.29. The number of methoxy groups -OCH3 is 2. The zero-order chi connectivity index (χ0) is 15.5. The molecule has 4 heteroatoms. The van der Waals surface area contributed by atoms with Crippen LogP contribution in [0.15, 0.2) is 18.2 Å². The van der Waals surface area contributed by atoms with Crippen molar-refractivity contribution in [1.82, 2.24) is 5.32 Å². The summed E-state index contributed by atoms with van der Waals surface area (Å²) in [4.78, 5) is 0. The Labute approximate surface area is 128 Å². The van der Waals surface area contributed by atoms with E-state index in [0.717, 1.165) is 43.9 Å². The Morgan fingerprint density at radius 2 is 1.90 bits per heavy atom. The van der Waals surface area contributed by atoms with Crippen molar-refractivity contribution in [1.29, 1.82) is 0 Å². The molecule has 0 aliphatic rings. The van der Waals surface area contributed by atoms with Crippen LogP contribution < -0.4 is 14.8 Å². The standard InChI is InChI=1S/C17H29NO3/c1-5-10-18-14(2)16-9-8-15(20-4)13-17(16)21-12-7-6-11-19-3/h8-9,13-14,18H,5-7,10-12H2,1-4H3. The molecule has 0 aromatic heterocycles. The van der Waals surface area contributed by atoms with E-state index in [1.165, 1.54) is 5.56 Å². The van der Waals surface area contributed by atoms with E-state index in [9.17, 15) is 0 Å². The lowest BCUT2D eigenvalue weighted by Gasteiger charge is -2.19. The summed E-state index contributed by atoms with van der Waals surface area (Å²) in [6.45, 7) is 6.81. The van der Waals surface area contributed by atoms with Crippen molar-refractivity contribution in [3.05, 3.63) is 23.8 Å². The fourth-order valence-electron chi connectivity index (χ4n) is 2.13. The molecule has 0 aliphatic carbocycles. The molecule has 0 saturated carbocycles. The summed E-state index contributed by atoms with van der Waals surface area (Å²) in [6.07, 6.45) is 3.12. The number of hydrogen-bond acceptors (Lipinski definition) is 4. The first-order valence-electron chi connectivity index (χ1n) is 7.76. The minimum Gasteiger partial charge on any atom is -0.497 e. The molecule has 0 radical (unpaired) electrons. The van der Waals surface area contributed by atoms with Crippen LogP contribution in [0.1, 0.15) is 44.7 Å². The Hall–Kier alpha value is -1.26. The monoisotopic (exact) mass is 295 g/mol. The highest BCUT2D eigenvalue weighted by molar-refractivity contribution is 5.42. The number of unbranched alkanes of at least 4 members (excludes halogenated alkanes) is 1. The minimum absolute atomic E-state index is 0.268. The van der Waals surface area contributed by atoms with Gasteiger partial charge in [0.25, 0.3) is 0 Å². The second-order valence-corrected chi connectivity index (χ2v) is 5.13. The average Bonchev–Trinajstić information content (AvgIpc) is 2.52. The second kappa shape index (κ2) is 10.5. The summed E-state index contributed by atoms with van der Waals surface area (Å²) in [5, 5.41) is 3.50. The van der Waals surface area contributed by atoms with E-state index in [1.807, 2.05) is 12.1 Å². The fraction of sp³-hybridized carbons (Fsp3) is 0.647. The van der Waals surface area contributed by atoms with Gasteiger partial charge in [-0.05, 0) is 38.8 Å². The molecule has 0 fully saturated rings. The summed E-state index contributed by atoms with van der Waals surface area (Å²) in [6, 6.07) is 6.30. The Morgan fingerprint density at radius 3 is 2.57 bits per heavy atom. The number of benzene rings is 1. The lowest BCUT2D eigenvalue weighted by Crippen LogP contribution is -2.20. The highest BCUT2D eigenvalue weighted by Gasteiger charge is 2.12. The first-order valence-corrected chi connectivity index (χ1v) is 7.76. The number of hydrogen-bond donors (Lipinski definition) is 1. The first-order chi connectivity index (χ1) is 10.2. The van der Waals surface area contributed by atoms with Crippen LogP contribution in [0, 0.1) is 0 Å². The summed E-state index contributed by atoms with van der Waals surface area (Å²) in [7, 11) is 3.40. The molecule has 1 aromatic rings. The van der Waals surface area contributed by atoms with Gasteiger partial charge in [0.05, 0.1) is 13.7 Å². The molecule has 1 atom stereocenters. The van der Waals surface area contributed by atoms with Crippen LogP contribution in [0.5, 0.6) is 11.5 Å². The van der Waals surface area contributed by atoms with E-state index in [-0.39, 0.29) is 6.04 Å². The van der Waals surface area contributed by atoms with Gasteiger partial charge in [-0.1, -0.05) is 13.0 Å². The van der Waals surface area contributed by atoms with Crippen molar-refractivity contribution in [3.63, 3.8) is 0 Å². The van der Waals surface area contributed by atoms with Crippen LogP contribution in [-0.2, 0) is 4.74 Å². The van der Waals surface area contributed by atoms with Crippen molar-refractivity contribution in [2.75, 3.05) is 34.0 Å². The highest BCUT2D eigenvalue weighted by atomic mass is 16.5. The summed E-state index contributed by atoms with van der Waals surface area (Å²) in [5.41, 5.74) is 1.18. The molecule has 0 heterocycles. The Balaban J connectivity index is 2.67. The van der Waals surface area contributed by atoms with E-state index >= 15 is 0 Å². The van der Waals surface area contributed by atoms with E-state index in [1.54, 1.807) is 14.2 Å². The van der Waals surface area contributed by atoms with Crippen molar-refractivity contribution >= 4 is 0 Å². The van der Waals surface area contributed by atoms with Crippen molar-refractivity contribution in [2.45, 2.75) is 39.2 Å².